The molecule has 1 rings (SSSR count). The first kappa shape index (κ1) is 12.0. The molecule has 5 heteroatoms. The summed E-state index contributed by atoms with van der Waals surface area (Å²) < 4.78 is 5.40. The zero-order chi connectivity index (χ0) is 11.3. The second-order valence-corrected chi connectivity index (χ2v) is 4.17. The van der Waals surface area contributed by atoms with Crippen LogP contribution in [-0.2, 0) is 0 Å². The van der Waals surface area contributed by atoms with Crippen LogP contribution in [0.4, 0.5) is 5.95 Å². The van der Waals surface area contributed by atoms with Crippen molar-refractivity contribution in [1.29, 1.82) is 0 Å². The number of nitrogen functional groups attached to an aromatic ring is 1. The van der Waals surface area contributed by atoms with Gasteiger partial charge in [-0.2, -0.15) is 4.98 Å². The molecule has 0 bridgehead atoms. The third-order valence-corrected chi connectivity index (χ3v) is 2.15. The number of anilines is 1. The molecule has 0 aliphatic heterocycles. The third-order valence-electron chi connectivity index (χ3n) is 1.90. The van der Waals surface area contributed by atoms with Crippen molar-refractivity contribution in [2.75, 3.05) is 12.3 Å². The molecule has 84 valence electrons. The highest BCUT2D eigenvalue weighted by Crippen LogP contribution is 2.21. The van der Waals surface area contributed by atoms with E-state index in [2.05, 4.69) is 23.8 Å². The molecule has 0 unspecified atom stereocenters. The summed E-state index contributed by atoms with van der Waals surface area (Å²) in [6.07, 6.45) is 3.55. The Hall–Kier alpha value is -1.03. The van der Waals surface area contributed by atoms with Crippen molar-refractivity contribution in [2.45, 2.75) is 26.7 Å². The fourth-order valence-corrected chi connectivity index (χ4v) is 1.27. The smallest absolute Gasteiger partial charge is 0.237 e. The standard InChI is InChI=1S/C10H16ClN3O/c1-7(2)4-3-5-15-9-8(11)6-13-10(12)14-9/h6-7H,3-5H2,1-2H3,(H2,12,13,14). The molecule has 0 saturated heterocycles. The molecule has 0 radical (unpaired) electrons. The summed E-state index contributed by atoms with van der Waals surface area (Å²) in [4.78, 5) is 7.65. The maximum Gasteiger partial charge on any atom is 0.237 e. The molecule has 2 N–H and O–H groups in total. The minimum atomic E-state index is 0.179. The molecule has 0 amide bonds. The summed E-state index contributed by atoms with van der Waals surface area (Å²) in [5, 5.41) is 0.397. The monoisotopic (exact) mass is 229 g/mol. The minimum Gasteiger partial charge on any atom is -0.476 e. The van der Waals surface area contributed by atoms with Gasteiger partial charge in [0.05, 0.1) is 12.8 Å². The molecule has 0 fully saturated rings. The van der Waals surface area contributed by atoms with Crippen molar-refractivity contribution in [2.24, 2.45) is 5.92 Å². The van der Waals surface area contributed by atoms with Crippen LogP contribution in [0.15, 0.2) is 6.20 Å². The number of ether oxygens (including phenoxy) is 1. The van der Waals surface area contributed by atoms with E-state index in [9.17, 15) is 0 Å². The van der Waals surface area contributed by atoms with Gasteiger partial charge >= 0.3 is 0 Å². The summed E-state index contributed by atoms with van der Waals surface area (Å²) in [5.41, 5.74) is 5.42. The van der Waals surface area contributed by atoms with Gasteiger partial charge in [0.25, 0.3) is 0 Å². The van der Waals surface area contributed by atoms with Crippen LogP contribution < -0.4 is 10.5 Å². The zero-order valence-electron chi connectivity index (χ0n) is 9.03. The van der Waals surface area contributed by atoms with Crippen molar-refractivity contribution < 1.29 is 4.74 Å². The van der Waals surface area contributed by atoms with E-state index in [1.54, 1.807) is 0 Å². The number of nitrogens with two attached hydrogens (primary N) is 1. The van der Waals surface area contributed by atoms with E-state index in [-0.39, 0.29) is 5.95 Å². The van der Waals surface area contributed by atoms with Crippen molar-refractivity contribution in [3.8, 4) is 5.88 Å². The van der Waals surface area contributed by atoms with Gasteiger partial charge < -0.3 is 10.5 Å². The molecule has 0 saturated carbocycles. The van der Waals surface area contributed by atoms with E-state index in [4.69, 9.17) is 22.1 Å². The van der Waals surface area contributed by atoms with Gasteiger partial charge in [0.15, 0.2) is 0 Å². The van der Waals surface area contributed by atoms with Gasteiger partial charge in [-0.05, 0) is 18.8 Å². The van der Waals surface area contributed by atoms with Gasteiger partial charge in [-0.3, -0.25) is 0 Å². The number of rotatable bonds is 5. The first-order valence-electron chi connectivity index (χ1n) is 5.00. The fraction of sp³-hybridized carbons (Fsp3) is 0.600. The molecule has 0 spiro atoms. The second-order valence-electron chi connectivity index (χ2n) is 3.77. The molecular formula is C10H16ClN3O. The molecule has 15 heavy (non-hydrogen) atoms. The van der Waals surface area contributed by atoms with E-state index >= 15 is 0 Å². The van der Waals surface area contributed by atoms with Gasteiger partial charge in [-0.1, -0.05) is 25.4 Å². The van der Waals surface area contributed by atoms with E-state index in [1.165, 1.54) is 6.20 Å². The van der Waals surface area contributed by atoms with Crippen LogP contribution in [0, 0.1) is 5.92 Å². The summed E-state index contributed by atoms with van der Waals surface area (Å²) in [5.74, 6) is 1.23. The Balaban J connectivity index is 2.40. The van der Waals surface area contributed by atoms with Gasteiger partial charge in [0.1, 0.15) is 5.02 Å². The van der Waals surface area contributed by atoms with Crippen molar-refractivity contribution in [3.05, 3.63) is 11.2 Å². The Morgan fingerprint density at radius 1 is 1.53 bits per heavy atom. The van der Waals surface area contributed by atoms with Crippen molar-refractivity contribution in [1.82, 2.24) is 9.97 Å². The zero-order valence-corrected chi connectivity index (χ0v) is 9.79. The summed E-state index contributed by atoms with van der Waals surface area (Å²) >= 11 is 5.83. The first-order valence-corrected chi connectivity index (χ1v) is 5.38. The Labute approximate surface area is 94.8 Å². The number of halogens is 1. The van der Waals surface area contributed by atoms with Crippen molar-refractivity contribution >= 4 is 17.5 Å². The van der Waals surface area contributed by atoms with E-state index in [0.717, 1.165) is 12.8 Å². The van der Waals surface area contributed by atoms with Gasteiger partial charge in [0.2, 0.25) is 11.8 Å². The Morgan fingerprint density at radius 3 is 2.93 bits per heavy atom. The van der Waals surface area contributed by atoms with E-state index in [0.29, 0.717) is 23.4 Å². The molecule has 1 heterocycles. The number of hydrogen-bond donors (Lipinski definition) is 1. The molecule has 0 aromatic carbocycles. The molecule has 4 nitrogen and oxygen atoms in total. The van der Waals surface area contributed by atoms with Gasteiger partial charge in [-0.15, -0.1) is 0 Å². The normalized spacial score (nSPS) is 10.7. The molecule has 1 aromatic heterocycles. The lowest BCUT2D eigenvalue weighted by Gasteiger charge is -2.07. The number of hydrogen-bond acceptors (Lipinski definition) is 4. The van der Waals surface area contributed by atoms with E-state index in [1.807, 2.05) is 0 Å². The highest BCUT2D eigenvalue weighted by Gasteiger charge is 2.04. The number of nitrogens with zero attached hydrogens (tertiary/aromatic N) is 2. The maximum absolute atomic E-state index is 5.83. The van der Waals surface area contributed by atoms with Crippen LogP contribution >= 0.6 is 11.6 Å². The Kier molecular flexibility index (Phi) is 4.62. The van der Waals surface area contributed by atoms with Gasteiger partial charge in [-0.25, -0.2) is 4.98 Å². The van der Waals surface area contributed by atoms with Crippen LogP contribution in [0.1, 0.15) is 26.7 Å². The van der Waals surface area contributed by atoms with Gasteiger partial charge in [0, 0.05) is 0 Å². The highest BCUT2D eigenvalue weighted by molar-refractivity contribution is 6.31. The van der Waals surface area contributed by atoms with Crippen LogP contribution in [0.2, 0.25) is 5.02 Å². The third kappa shape index (κ3) is 4.34. The molecule has 0 aliphatic rings. The number of aromatic nitrogens is 2. The molecular weight excluding hydrogens is 214 g/mol. The van der Waals surface area contributed by atoms with Crippen LogP contribution in [-0.4, -0.2) is 16.6 Å². The lowest BCUT2D eigenvalue weighted by molar-refractivity contribution is 0.287. The van der Waals surface area contributed by atoms with Crippen LogP contribution in [0.5, 0.6) is 5.88 Å². The predicted octanol–water partition coefficient (Wildman–Crippen LogP) is 2.53. The summed E-state index contributed by atoms with van der Waals surface area (Å²) in [6.45, 7) is 4.96. The quantitative estimate of drug-likeness (QED) is 0.789. The Bertz CT molecular complexity index is 318. The minimum absolute atomic E-state index is 0.179. The SMILES string of the molecule is CC(C)CCCOc1nc(N)ncc1Cl. The lowest BCUT2D eigenvalue weighted by atomic mass is 10.1. The average molecular weight is 230 g/mol. The lowest BCUT2D eigenvalue weighted by Crippen LogP contribution is -2.03. The Morgan fingerprint density at radius 2 is 2.27 bits per heavy atom. The molecule has 0 aliphatic carbocycles. The summed E-state index contributed by atoms with van der Waals surface area (Å²) in [7, 11) is 0. The van der Waals surface area contributed by atoms with Crippen molar-refractivity contribution in [3.63, 3.8) is 0 Å². The van der Waals surface area contributed by atoms with Crippen LogP contribution in [0.25, 0.3) is 0 Å². The average Bonchev–Trinajstić information content (AvgIpc) is 2.17. The summed E-state index contributed by atoms with van der Waals surface area (Å²) in [6, 6.07) is 0. The largest absolute Gasteiger partial charge is 0.476 e. The second kappa shape index (κ2) is 5.75. The molecule has 1 aromatic rings. The fourth-order valence-electron chi connectivity index (χ4n) is 1.13. The van der Waals surface area contributed by atoms with Crippen LogP contribution in [0.3, 0.4) is 0 Å². The maximum atomic E-state index is 5.83. The van der Waals surface area contributed by atoms with E-state index < -0.39 is 0 Å². The molecule has 0 atom stereocenters. The topological polar surface area (TPSA) is 61.0 Å². The predicted molar refractivity (Wildman–Crippen MR) is 61.0 cm³/mol. The highest BCUT2D eigenvalue weighted by atomic mass is 35.5. The first-order chi connectivity index (χ1) is 7.09.